The van der Waals surface area contributed by atoms with Crippen molar-refractivity contribution in [3.8, 4) is 11.1 Å². The lowest BCUT2D eigenvalue weighted by Crippen LogP contribution is -2.37. The normalized spacial score (nSPS) is 14.1. The quantitative estimate of drug-likeness (QED) is 0.675. The van der Waals surface area contributed by atoms with Crippen LogP contribution in [0.4, 0.5) is 0 Å². The van der Waals surface area contributed by atoms with E-state index in [1.54, 1.807) is 0 Å². The minimum absolute atomic E-state index is 0.0347. The van der Waals surface area contributed by atoms with Gasteiger partial charge in [0.2, 0.25) is 0 Å². The number of nitrogens with zero attached hydrogens (tertiary/aromatic N) is 3. The standard InChI is InChI=1S/C23H25N3O/c1-23(2,3)26-21-13-14-25(16-20(21)15-24-26)22(27)19-11-9-18(10-12-19)17-7-5-4-6-8-17/h4-12,15H,13-14,16H2,1-3H3. The average Bonchev–Trinajstić information content (AvgIpc) is 3.12. The molecule has 0 atom stereocenters. The Balaban J connectivity index is 1.52. The van der Waals surface area contributed by atoms with Crippen LogP contribution in [0.1, 0.15) is 42.4 Å². The maximum absolute atomic E-state index is 13.0. The predicted octanol–water partition coefficient (Wildman–Crippen LogP) is 4.50. The zero-order valence-corrected chi connectivity index (χ0v) is 16.1. The fourth-order valence-corrected chi connectivity index (χ4v) is 3.70. The van der Waals surface area contributed by atoms with Crippen LogP contribution in [0.2, 0.25) is 0 Å². The van der Waals surface area contributed by atoms with Crippen molar-refractivity contribution in [2.24, 2.45) is 0 Å². The molecular weight excluding hydrogens is 334 g/mol. The van der Waals surface area contributed by atoms with Gasteiger partial charge in [-0.2, -0.15) is 5.10 Å². The predicted molar refractivity (Wildman–Crippen MR) is 108 cm³/mol. The third kappa shape index (κ3) is 3.39. The lowest BCUT2D eigenvalue weighted by atomic mass is 10.0. The van der Waals surface area contributed by atoms with Crippen molar-refractivity contribution in [3.05, 3.63) is 77.6 Å². The van der Waals surface area contributed by atoms with E-state index in [2.05, 4.69) is 42.7 Å². The Hall–Kier alpha value is -2.88. The smallest absolute Gasteiger partial charge is 0.254 e. The number of carbonyl (C=O) groups is 1. The molecule has 138 valence electrons. The van der Waals surface area contributed by atoms with Crippen LogP contribution in [-0.4, -0.2) is 27.1 Å². The Labute approximate surface area is 160 Å². The number of carbonyl (C=O) groups excluding carboxylic acids is 1. The fourth-order valence-electron chi connectivity index (χ4n) is 3.70. The van der Waals surface area contributed by atoms with Gasteiger partial charge in [0.25, 0.3) is 5.91 Å². The number of amides is 1. The molecule has 1 aliphatic rings. The van der Waals surface area contributed by atoms with Crippen LogP contribution in [0.15, 0.2) is 60.8 Å². The summed E-state index contributed by atoms with van der Waals surface area (Å²) < 4.78 is 2.10. The molecule has 0 aliphatic carbocycles. The van der Waals surface area contributed by atoms with Crippen molar-refractivity contribution in [1.82, 2.24) is 14.7 Å². The summed E-state index contributed by atoms with van der Waals surface area (Å²) in [6.07, 6.45) is 2.76. The fraction of sp³-hybridized carbons (Fsp3) is 0.304. The number of aromatic nitrogens is 2. The van der Waals surface area contributed by atoms with E-state index in [4.69, 9.17) is 0 Å². The molecule has 1 amide bonds. The average molecular weight is 359 g/mol. The summed E-state index contributed by atoms with van der Waals surface area (Å²) in [5, 5.41) is 4.56. The summed E-state index contributed by atoms with van der Waals surface area (Å²) in [7, 11) is 0. The summed E-state index contributed by atoms with van der Waals surface area (Å²) in [6.45, 7) is 7.84. The zero-order valence-electron chi connectivity index (χ0n) is 16.1. The Morgan fingerprint density at radius 2 is 1.63 bits per heavy atom. The number of hydrogen-bond donors (Lipinski definition) is 0. The van der Waals surface area contributed by atoms with Gasteiger partial charge in [0, 0.05) is 36.3 Å². The number of benzene rings is 2. The second-order valence-electron chi connectivity index (χ2n) is 8.12. The molecule has 4 rings (SSSR count). The third-order valence-electron chi connectivity index (χ3n) is 5.10. The molecule has 0 spiro atoms. The van der Waals surface area contributed by atoms with E-state index in [-0.39, 0.29) is 11.4 Å². The van der Waals surface area contributed by atoms with Crippen LogP contribution in [0.25, 0.3) is 11.1 Å². The lowest BCUT2D eigenvalue weighted by Gasteiger charge is -2.30. The molecule has 0 N–H and O–H groups in total. The molecule has 4 nitrogen and oxygen atoms in total. The first-order valence-corrected chi connectivity index (χ1v) is 9.44. The van der Waals surface area contributed by atoms with E-state index in [0.29, 0.717) is 6.54 Å². The van der Waals surface area contributed by atoms with Crippen molar-refractivity contribution in [2.75, 3.05) is 6.54 Å². The van der Waals surface area contributed by atoms with Crippen LogP contribution in [0.5, 0.6) is 0 Å². The molecule has 0 saturated heterocycles. The van der Waals surface area contributed by atoms with E-state index in [9.17, 15) is 4.79 Å². The summed E-state index contributed by atoms with van der Waals surface area (Å²) in [5.74, 6) is 0.0868. The van der Waals surface area contributed by atoms with Gasteiger partial charge in [0.1, 0.15) is 0 Å². The summed E-state index contributed by atoms with van der Waals surface area (Å²) in [4.78, 5) is 14.9. The minimum Gasteiger partial charge on any atom is -0.334 e. The van der Waals surface area contributed by atoms with Gasteiger partial charge < -0.3 is 4.90 Å². The van der Waals surface area contributed by atoms with Crippen molar-refractivity contribution in [3.63, 3.8) is 0 Å². The van der Waals surface area contributed by atoms with Gasteiger partial charge in [0.15, 0.2) is 0 Å². The van der Waals surface area contributed by atoms with Gasteiger partial charge in [-0.1, -0.05) is 42.5 Å². The van der Waals surface area contributed by atoms with E-state index >= 15 is 0 Å². The molecule has 0 bridgehead atoms. The number of fused-ring (bicyclic) bond motifs is 1. The summed E-state index contributed by atoms with van der Waals surface area (Å²) >= 11 is 0. The summed E-state index contributed by atoms with van der Waals surface area (Å²) in [5.41, 5.74) is 5.40. The number of hydrogen-bond acceptors (Lipinski definition) is 2. The second kappa shape index (κ2) is 6.69. The Morgan fingerprint density at radius 3 is 2.30 bits per heavy atom. The molecule has 2 heterocycles. The topological polar surface area (TPSA) is 38.1 Å². The molecule has 0 radical (unpaired) electrons. The lowest BCUT2D eigenvalue weighted by molar-refractivity contribution is 0.0732. The van der Waals surface area contributed by atoms with Crippen molar-refractivity contribution in [2.45, 2.75) is 39.3 Å². The van der Waals surface area contributed by atoms with E-state index in [1.807, 2.05) is 53.6 Å². The van der Waals surface area contributed by atoms with Crippen LogP contribution in [0, 0.1) is 0 Å². The highest BCUT2D eigenvalue weighted by Crippen LogP contribution is 2.26. The van der Waals surface area contributed by atoms with E-state index in [0.717, 1.165) is 35.2 Å². The van der Waals surface area contributed by atoms with Crippen molar-refractivity contribution < 1.29 is 4.79 Å². The Bertz CT molecular complexity index is 950. The van der Waals surface area contributed by atoms with Crippen LogP contribution < -0.4 is 0 Å². The highest BCUT2D eigenvalue weighted by atomic mass is 16.2. The summed E-state index contributed by atoms with van der Waals surface area (Å²) in [6, 6.07) is 18.1. The van der Waals surface area contributed by atoms with Crippen LogP contribution >= 0.6 is 0 Å². The first-order chi connectivity index (χ1) is 12.9. The SMILES string of the molecule is CC(C)(C)n1ncc2c1CCN(C(=O)c1ccc(-c3ccccc3)cc1)C2. The van der Waals surface area contributed by atoms with Gasteiger partial charge in [0.05, 0.1) is 11.7 Å². The monoisotopic (exact) mass is 359 g/mol. The maximum atomic E-state index is 13.0. The molecule has 27 heavy (non-hydrogen) atoms. The maximum Gasteiger partial charge on any atom is 0.254 e. The molecule has 0 saturated carbocycles. The molecule has 3 aromatic rings. The minimum atomic E-state index is -0.0347. The van der Waals surface area contributed by atoms with Gasteiger partial charge in [-0.15, -0.1) is 0 Å². The molecule has 0 unspecified atom stereocenters. The highest BCUT2D eigenvalue weighted by molar-refractivity contribution is 5.94. The Morgan fingerprint density at radius 1 is 0.963 bits per heavy atom. The van der Waals surface area contributed by atoms with Gasteiger partial charge in [-0.25, -0.2) is 0 Å². The first-order valence-electron chi connectivity index (χ1n) is 9.44. The van der Waals surface area contributed by atoms with E-state index < -0.39 is 0 Å². The molecule has 4 heteroatoms. The van der Waals surface area contributed by atoms with Gasteiger partial charge in [-0.3, -0.25) is 9.48 Å². The molecule has 0 fully saturated rings. The van der Waals surface area contributed by atoms with Crippen LogP contribution in [0.3, 0.4) is 0 Å². The Kier molecular flexibility index (Phi) is 4.34. The highest BCUT2D eigenvalue weighted by Gasteiger charge is 2.27. The van der Waals surface area contributed by atoms with Crippen LogP contribution in [-0.2, 0) is 18.5 Å². The molecule has 1 aromatic heterocycles. The van der Waals surface area contributed by atoms with Gasteiger partial charge in [-0.05, 0) is 44.0 Å². The van der Waals surface area contributed by atoms with Crippen molar-refractivity contribution in [1.29, 1.82) is 0 Å². The second-order valence-corrected chi connectivity index (χ2v) is 8.12. The number of rotatable bonds is 2. The van der Waals surface area contributed by atoms with Crippen molar-refractivity contribution >= 4 is 5.91 Å². The van der Waals surface area contributed by atoms with E-state index in [1.165, 1.54) is 5.69 Å². The van der Waals surface area contributed by atoms with Gasteiger partial charge >= 0.3 is 0 Å². The molecular formula is C23H25N3O. The largest absolute Gasteiger partial charge is 0.334 e. The molecule has 2 aromatic carbocycles. The first kappa shape index (κ1) is 17.5. The molecule has 1 aliphatic heterocycles. The third-order valence-corrected chi connectivity index (χ3v) is 5.10. The zero-order chi connectivity index (χ0) is 19.0.